The highest BCUT2D eigenvalue weighted by Crippen LogP contribution is 2.11. The molecule has 1 rings (SSSR count). The number of primary amides is 1. The fourth-order valence-corrected chi connectivity index (χ4v) is 2.61. The maximum Gasteiger partial charge on any atom is 0.267 e. The number of nitrogens with two attached hydrogens (primary N) is 1. The molecule has 0 aromatic carbocycles. The van der Waals surface area contributed by atoms with E-state index >= 15 is 0 Å². The van der Waals surface area contributed by atoms with E-state index in [9.17, 15) is 13.2 Å². The van der Waals surface area contributed by atoms with Crippen molar-refractivity contribution in [1.29, 1.82) is 0 Å². The van der Waals surface area contributed by atoms with Crippen molar-refractivity contribution >= 4 is 21.6 Å². The molecule has 106 valence electrons. The van der Waals surface area contributed by atoms with Crippen LogP contribution in [0.4, 0.5) is 5.69 Å². The molecule has 0 spiro atoms. The first-order chi connectivity index (χ1) is 8.59. The van der Waals surface area contributed by atoms with Crippen LogP contribution in [0.25, 0.3) is 0 Å². The lowest BCUT2D eigenvalue weighted by Gasteiger charge is -2.25. The van der Waals surface area contributed by atoms with Crippen molar-refractivity contribution < 1.29 is 13.2 Å². The number of rotatable bonds is 6. The molecular formula is C11H18N4O3S. The SMILES string of the molecule is CC(C)(CNc1ccnc(C(N)=O)c1)NS(C)(=O)=O. The third-order valence-electron chi connectivity index (χ3n) is 2.21. The molecule has 1 amide bonds. The summed E-state index contributed by atoms with van der Waals surface area (Å²) < 4.78 is 24.9. The van der Waals surface area contributed by atoms with E-state index in [1.807, 2.05) is 0 Å². The van der Waals surface area contributed by atoms with Gasteiger partial charge in [-0.05, 0) is 26.0 Å². The fraction of sp³-hybridized carbons (Fsp3) is 0.455. The highest BCUT2D eigenvalue weighted by molar-refractivity contribution is 7.88. The molecule has 8 heteroatoms. The summed E-state index contributed by atoms with van der Waals surface area (Å²) in [5.74, 6) is -0.614. The summed E-state index contributed by atoms with van der Waals surface area (Å²) in [6, 6.07) is 3.18. The summed E-state index contributed by atoms with van der Waals surface area (Å²) in [5.41, 5.74) is 5.26. The summed E-state index contributed by atoms with van der Waals surface area (Å²) >= 11 is 0. The monoisotopic (exact) mass is 286 g/mol. The summed E-state index contributed by atoms with van der Waals surface area (Å²) in [6.07, 6.45) is 2.56. The molecule has 0 aliphatic carbocycles. The van der Waals surface area contributed by atoms with E-state index in [1.54, 1.807) is 19.9 Å². The Balaban J connectivity index is 2.71. The van der Waals surface area contributed by atoms with Gasteiger partial charge in [0.2, 0.25) is 10.0 Å². The number of nitrogens with zero attached hydrogens (tertiary/aromatic N) is 1. The predicted octanol–water partition coefficient (Wildman–Crippen LogP) is -0.0798. The summed E-state index contributed by atoms with van der Waals surface area (Å²) in [7, 11) is -3.28. The molecule has 0 aliphatic rings. The number of pyridine rings is 1. The molecule has 4 N–H and O–H groups in total. The van der Waals surface area contributed by atoms with Gasteiger partial charge in [-0.2, -0.15) is 0 Å². The largest absolute Gasteiger partial charge is 0.383 e. The minimum absolute atomic E-state index is 0.152. The number of aromatic nitrogens is 1. The highest BCUT2D eigenvalue weighted by atomic mass is 32.2. The second-order valence-corrected chi connectivity index (χ2v) is 6.65. The van der Waals surface area contributed by atoms with Crippen LogP contribution in [0.5, 0.6) is 0 Å². The smallest absolute Gasteiger partial charge is 0.267 e. The second-order valence-electron chi connectivity index (χ2n) is 4.91. The number of nitrogens with one attached hydrogen (secondary N) is 2. The summed E-state index contributed by atoms with van der Waals surface area (Å²) in [5, 5.41) is 3.03. The number of anilines is 1. The van der Waals surface area contributed by atoms with Gasteiger partial charge < -0.3 is 11.1 Å². The van der Waals surface area contributed by atoms with E-state index in [-0.39, 0.29) is 5.69 Å². The van der Waals surface area contributed by atoms with Crippen molar-refractivity contribution in [3.8, 4) is 0 Å². The molecule has 0 saturated heterocycles. The van der Waals surface area contributed by atoms with Gasteiger partial charge in [0.15, 0.2) is 0 Å². The van der Waals surface area contributed by atoms with E-state index in [4.69, 9.17) is 5.73 Å². The van der Waals surface area contributed by atoms with E-state index in [1.165, 1.54) is 12.3 Å². The average Bonchev–Trinajstić information content (AvgIpc) is 2.24. The van der Waals surface area contributed by atoms with Crippen molar-refractivity contribution in [2.24, 2.45) is 5.73 Å². The Morgan fingerprint density at radius 3 is 2.63 bits per heavy atom. The van der Waals surface area contributed by atoms with Gasteiger partial charge >= 0.3 is 0 Å². The van der Waals surface area contributed by atoms with Crippen LogP contribution >= 0.6 is 0 Å². The Morgan fingerprint density at radius 2 is 2.11 bits per heavy atom. The van der Waals surface area contributed by atoms with Gasteiger partial charge in [0.05, 0.1) is 6.26 Å². The van der Waals surface area contributed by atoms with Crippen LogP contribution in [-0.4, -0.2) is 37.6 Å². The third-order valence-corrected chi connectivity index (χ3v) is 3.13. The minimum atomic E-state index is -3.28. The number of carbonyl (C=O) groups is 1. The number of hydrogen-bond donors (Lipinski definition) is 3. The second kappa shape index (κ2) is 5.54. The third kappa shape index (κ3) is 5.66. The highest BCUT2D eigenvalue weighted by Gasteiger charge is 2.21. The predicted molar refractivity (Wildman–Crippen MR) is 73.3 cm³/mol. The Morgan fingerprint density at radius 1 is 1.47 bits per heavy atom. The molecule has 0 bridgehead atoms. The van der Waals surface area contributed by atoms with Crippen LogP contribution in [0.15, 0.2) is 18.3 Å². The van der Waals surface area contributed by atoms with Crippen molar-refractivity contribution in [2.45, 2.75) is 19.4 Å². The lowest BCUT2D eigenvalue weighted by atomic mass is 10.1. The van der Waals surface area contributed by atoms with Crippen LogP contribution in [0.2, 0.25) is 0 Å². The van der Waals surface area contributed by atoms with Crippen LogP contribution in [0, 0.1) is 0 Å². The molecule has 1 heterocycles. The zero-order valence-electron chi connectivity index (χ0n) is 11.1. The number of carbonyl (C=O) groups excluding carboxylic acids is 1. The van der Waals surface area contributed by atoms with Gasteiger partial charge in [0.25, 0.3) is 5.91 Å². The first-order valence-corrected chi connectivity index (χ1v) is 7.47. The molecule has 19 heavy (non-hydrogen) atoms. The standard InChI is InChI=1S/C11H18N4O3S/c1-11(2,15-19(3,17)18)7-14-8-4-5-13-9(6-8)10(12)16/h4-6,15H,7H2,1-3H3,(H2,12,16)(H,13,14). The molecule has 7 nitrogen and oxygen atoms in total. The van der Waals surface area contributed by atoms with Crippen molar-refractivity contribution in [3.63, 3.8) is 0 Å². The van der Waals surface area contributed by atoms with Crippen molar-refractivity contribution in [1.82, 2.24) is 9.71 Å². The van der Waals surface area contributed by atoms with Gasteiger partial charge in [-0.1, -0.05) is 0 Å². The van der Waals surface area contributed by atoms with Crippen LogP contribution in [-0.2, 0) is 10.0 Å². The van der Waals surface area contributed by atoms with Gasteiger partial charge in [-0.15, -0.1) is 0 Å². The molecular weight excluding hydrogens is 268 g/mol. The molecule has 1 aromatic rings. The van der Waals surface area contributed by atoms with Crippen molar-refractivity contribution in [3.05, 3.63) is 24.0 Å². The number of hydrogen-bond acceptors (Lipinski definition) is 5. The van der Waals surface area contributed by atoms with E-state index < -0.39 is 21.5 Å². The number of amides is 1. The van der Waals surface area contributed by atoms with E-state index in [2.05, 4.69) is 15.0 Å². The summed E-state index contributed by atoms with van der Waals surface area (Å²) in [4.78, 5) is 14.8. The molecule has 0 unspecified atom stereocenters. The zero-order chi connectivity index (χ0) is 14.7. The molecule has 0 saturated carbocycles. The molecule has 0 aliphatic heterocycles. The van der Waals surface area contributed by atoms with Crippen LogP contribution < -0.4 is 15.8 Å². The maximum atomic E-state index is 11.2. The fourth-order valence-electron chi connectivity index (χ4n) is 1.54. The average molecular weight is 286 g/mol. The van der Waals surface area contributed by atoms with E-state index in [0.29, 0.717) is 12.2 Å². The summed E-state index contributed by atoms with van der Waals surface area (Å²) in [6.45, 7) is 3.84. The first-order valence-electron chi connectivity index (χ1n) is 5.58. The van der Waals surface area contributed by atoms with Crippen LogP contribution in [0.1, 0.15) is 24.3 Å². The molecule has 0 radical (unpaired) electrons. The normalized spacial score (nSPS) is 12.2. The molecule has 1 aromatic heterocycles. The topological polar surface area (TPSA) is 114 Å². The van der Waals surface area contributed by atoms with E-state index in [0.717, 1.165) is 6.26 Å². The zero-order valence-corrected chi connectivity index (χ0v) is 11.9. The van der Waals surface area contributed by atoms with Gasteiger partial charge in [0.1, 0.15) is 5.69 Å². The Kier molecular flexibility index (Phi) is 4.48. The molecule has 0 atom stereocenters. The Hall–Kier alpha value is -1.67. The molecule has 0 fully saturated rings. The first kappa shape index (κ1) is 15.4. The maximum absolute atomic E-state index is 11.2. The van der Waals surface area contributed by atoms with Crippen molar-refractivity contribution in [2.75, 3.05) is 18.1 Å². The lowest BCUT2D eigenvalue weighted by Crippen LogP contribution is -2.47. The number of sulfonamides is 1. The van der Waals surface area contributed by atoms with Gasteiger partial charge in [-0.25, -0.2) is 13.1 Å². The van der Waals surface area contributed by atoms with Gasteiger partial charge in [-0.3, -0.25) is 9.78 Å². The Labute approximate surface area is 112 Å². The minimum Gasteiger partial charge on any atom is -0.383 e. The van der Waals surface area contributed by atoms with Crippen LogP contribution in [0.3, 0.4) is 0 Å². The lowest BCUT2D eigenvalue weighted by molar-refractivity contribution is 0.0995. The van der Waals surface area contributed by atoms with Gasteiger partial charge in [0, 0.05) is 24.0 Å². The quantitative estimate of drug-likeness (QED) is 0.676. The Bertz CT molecular complexity index is 569.